The molecular weight excluding hydrogens is 330 g/mol. The van der Waals surface area contributed by atoms with Crippen LogP contribution in [-0.4, -0.2) is 48.1 Å². The Morgan fingerprint density at radius 2 is 1.96 bits per heavy atom. The highest BCUT2D eigenvalue weighted by molar-refractivity contribution is 7.11. The molecule has 0 saturated carbocycles. The predicted molar refractivity (Wildman–Crippen MR) is 108 cm³/mol. The molecule has 142 valence electrons. The fraction of sp³-hybridized carbons (Fsp3) is 0.789. The lowest BCUT2D eigenvalue weighted by Gasteiger charge is -2.29. The van der Waals surface area contributed by atoms with Gasteiger partial charge in [0.1, 0.15) is 0 Å². The van der Waals surface area contributed by atoms with E-state index >= 15 is 0 Å². The molecule has 1 unspecified atom stereocenters. The van der Waals surface area contributed by atoms with E-state index in [-0.39, 0.29) is 0 Å². The van der Waals surface area contributed by atoms with Crippen molar-refractivity contribution in [2.75, 3.05) is 26.2 Å². The molecule has 1 atom stereocenters. The Bertz CT molecular complexity index is 546. The van der Waals surface area contributed by atoms with Crippen LogP contribution in [0, 0.1) is 19.8 Å². The van der Waals surface area contributed by atoms with Crippen LogP contribution in [0.4, 0.5) is 0 Å². The Kier molecular flexibility index (Phi) is 8.16. The summed E-state index contributed by atoms with van der Waals surface area (Å²) in [6, 6.07) is 0.596. The Hall–Kier alpha value is -1.14. The van der Waals surface area contributed by atoms with Gasteiger partial charge in [-0.15, -0.1) is 11.3 Å². The van der Waals surface area contributed by atoms with Crippen molar-refractivity contribution in [1.29, 1.82) is 0 Å². The normalized spacial score (nSPS) is 17.3. The number of hydrogen-bond acceptors (Lipinski definition) is 4. The molecule has 0 amide bonds. The van der Waals surface area contributed by atoms with Gasteiger partial charge in [-0.1, -0.05) is 13.8 Å². The molecule has 0 spiro atoms. The van der Waals surface area contributed by atoms with Crippen LogP contribution in [0.25, 0.3) is 0 Å². The van der Waals surface area contributed by atoms with Crippen LogP contribution < -0.4 is 10.6 Å². The van der Waals surface area contributed by atoms with Gasteiger partial charge in [-0.25, -0.2) is 9.98 Å². The summed E-state index contributed by atoms with van der Waals surface area (Å²) in [7, 11) is 0. The topological polar surface area (TPSA) is 52.6 Å². The molecule has 2 rings (SSSR count). The van der Waals surface area contributed by atoms with Gasteiger partial charge in [0.2, 0.25) is 0 Å². The molecule has 1 aliphatic heterocycles. The zero-order chi connectivity index (χ0) is 18.2. The van der Waals surface area contributed by atoms with Crippen LogP contribution in [-0.2, 0) is 6.54 Å². The molecule has 0 aliphatic carbocycles. The van der Waals surface area contributed by atoms with Gasteiger partial charge in [-0.3, -0.25) is 4.90 Å². The quantitative estimate of drug-likeness (QED) is 0.548. The summed E-state index contributed by atoms with van der Waals surface area (Å²) in [6.45, 7) is 15.9. The van der Waals surface area contributed by atoms with E-state index in [2.05, 4.69) is 55.1 Å². The SMILES string of the molecule is CCNC(=NCc1sc(C)nc1C)NCC(CC(C)C)N1CCCC1. The molecule has 1 saturated heterocycles. The first kappa shape index (κ1) is 20.2. The monoisotopic (exact) mass is 365 g/mol. The summed E-state index contributed by atoms with van der Waals surface area (Å²) in [4.78, 5) is 13.2. The van der Waals surface area contributed by atoms with E-state index in [0.29, 0.717) is 12.6 Å². The van der Waals surface area contributed by atoms with Gasteiger partial charge in [0.25, 0.3) is 0 Å². The minimum absolute atomic E-state index is 0.596. The summed E-state index contributed by atoms with van der Waals surface area (Å²) < 4.78 is 0. The lowest BCUT2D eigenvalue weighted by atomic mass is 10.0. The van der Waals surface area contributed by atoms with Crippen LogP contribution in [0.5, 0.6) is 0 Å². The smallest absolute Gasteiger partial charge is 0.191 e. The fourth-order valence-electron chi connectivity index (χ4n) is 3.44. The average molecular weight is 366 g/mol. The average Bonchev–Trinajstić information content (AvgIpc) is 3.18. The van der Waals surface area contributed by atoms with Crippen molar-refractivity contribution in [3.8, 4) is 0 Å². The standard InChI is InChI=1S/C19H35N5S/c1-6-20-19(22-13-18-15(4)23-16(5)25-18)21-12-17(11-14(2)3)24-9-7-8-10-24/h14,17H,6-13H2,1-5H3,(H2,20,21,22). The van der Waals surface area contributed by atoms with Gasteiger partial charge in [0, 0.05) is 24.0 Å². The summed E-state index contributed by atoms with van der Waals surface area (Å²) in [5.41, 5.74) is 1.11. The number of nitrogens with one attached hydrogen (secondary N) is 2. The molecule has 1 aromatic heterocycles. The first-order valence-electron chi connectivity index (χ1n) is 9.68. The van der Waals surface area contributed by atoms with E-state index < -0.39 is 0 Å². The lowest BCUT2D eigenvalue weighted by molar-refractivity contribution is 0.213. The van der Waals surface area contributed by atoms with E-state index in [9.17, 15) is 0 Å². The van der Waals surface area contributed by atoms with Gasteiger partial charge in [-0.05, 0) is 59.0 Å². The molecular formula is C19H35N5S. The molecule has 5 nitrogen and oxygen atoms in total. The number of likely N-dealkylation sites (tertiary alicyclic amines) is 1. The summed E-state index contributed by atoms with van der Waals surface area (Å²) >= 11 is 1.75. The Morgan fingerprint density at radius 1 is 1.24 bits per heavy atom. The van der Waals surface area contributed by atoms with Crippen LogP contribution >= 0.6 is 11.3 Å². The van der Waals surface area contributed by atoms with Crippen molar-refractivity contribution in [2.24, 2.45) is 10.9 Å². The number of guanidine groups is 1. The zero-order valence-corrected chi connectivity index (χ0v) is 17.4. The van der Waals surface area contributed by atoms with Crippen molar-refractivity contribution in [3.05, 3.63) is 15.6 Å². The molecule has 0 radical (unpaired) electrons. The minimum Gasteiger partial charge on any atom is -0.357 e. The summed E-state index contributed by atoms with van der Waals surface area (Å²) in [5.74, 6) is 1.63. The van der Waals surface area contributed by atoms with Gasteiger partial charge < -0.3 is 10.6 Å². The van der Waals surface area contributed by atoms with E-state index in [1.54, 1.807) is 11.3 Å². The van der Waals surface area contributed by atoms with E-state index in [4.69, 9.17) is 4.99 Å². The third kappa shape index (κ3) is 6.59. The second-order valence-corrected chi connectivity index (χ2v) is 8.63. The first-order valence-corrected chi connectivity index (χ1v) is 10.5. The number of thiazole rings is 1. The van der Waals surface area contributed by atoms with E-state index in [1.807, 2.05) is 0 Å². The van der Waals surface area contributed by atoms with Crippen LogP contribution in [0.15, 0.2) is 4.99 Å². The van der Waals surface area contributed by atoms with Crippen LogP contribution in [0.2, 0.25) is 0 Å². The van der Waals surface area contributed by atoms with E-state index in [0.717, 1.165) is 35.7 Å². The Morgan fingerprint density at radius 3 is 2.52 bits per heavy atom. The first-order chi connectivity index (χ1) is 12.0. The van der Waals surface area contributed by atoms with Crippen LogP contribution in [0.3, 0.4) is 0 Å². The summed E-state index contributed by atoms with van der Waals surface area (Å²) in [5, 5.41) is 8.08. The molecule has 2 heterocycles. The maximum Gasteiger partial charge on any atom is 0.191 e. The minimum atomic E-state index is 0.596. The number of rotatable bonds is 8. The second-order valence-electron chi connectivity index (χ2n) is 7.34. The molecule has 2 N–H and O–H groups in total. The number of nitrogens with zero attached hydrogens (tertiary/aromatic N) is 3. The van der Waals surface area contributed by atoms with E-state index in [1.165, 1.54) is 37.2 Å². The zero-order valence-electron chi connectivity index (χ0n) is 16.6. The van der Waals surface area contributed by atoms with Gasteiger partial charge in [0.15, 0.2) is 5.96 Å². The highest BCUT2D eigenvalue weighted by Crippen LogP contribution is 2.18. The number of hydrogen-bond donors (Lipinski definition) is 2. The third-order valence-corrected chi connectivity index (χ3v) is 5.69. The van der Waals surface area contributed by atoms with Gasteiger partial charge in [0.05, 0.1) is 17.2 Å². The molecule has 1 fully saturated rings. The van der Waals surface area contributed by atoms with Crippen molar-refractivity contribution >= 4 is 17.3 Å². The van der Waals surface area contributed by atoms with Crippen molar-refractivity contribution in [2.45, 2.75) is 66.5 Å². The highest BCUT2D eigenvalue weighted by Gasteiger charge is 2.22. The Balaban J connectivity index is 1.95. The molecule has 0 bridgehead atoms. The Labute approximate surface area is 157 Å². The maximum atomic E-state index is 4.78. The summed E-state index contributed by atoms with van der Waals surface area (Å²) in [6.07, 6.45) is 3.92. The largest absolute Gasteiger partial charge is 0.357 e. The number of aryl methyl sites for hydroxylation is 2. The van der Waals surface area contributed by atoms with Crippen molar-refractivity contribution < 1.29 is 0 Å². The molecule has 1 aliphatic rings. The number of aromatic nitrogens is 1. The van der Waals surface area contributed by atoms with Gasteiger partial charge in [-0.2, -0.15) is 0 Å². The second kappa shape index (κ2) is 10.1. The van der Waals surface area contributed by atoms with Crippen molar-refractivity contribution in [3.63, 3.8) is 0 Å². The molecule has 1 aromatic rings. The highest BCUT2D eigenvalue weighted by atomic mass is 32.1. The number of aliphatic imine (C=N–C) groups is 1. The van der Waals surface area contributed by atoms with Gasteiger partial charge >= 0.3 is 0 Å². The third-order valence-electron chi connectivity index (χ3n) is 4.63. The fourth-order valence-corrected chi connectivity index (χ4v) is 4.30. The predicted octanol–water partition coefficient (Wildman–Crippen LogP) is 3.33. The molecule has 6 heteroatoms. The lowest BCUT2D eigenvalue weighted by Crippen LogP contribution is -2.47. The van der Waals surface area contributed by atoms with Crippen LogP contribution in [0.1, 0.15) is 55.6 Å². The van der Waals surface area contributed by atoms with Crippen molar-refractivity contribution in [1.82, 2.24) is 20.5 Å². The molecule has 0 aromatic carbocycles. The molecule has 25 heavy (non-hydrogen) atoms. The maximum absolute atomic E-state index is 4.78.